The van der Waals surface area contributed by atoms with Gasteiger partial charge in [-0.15, -0.1) is 11.3 Å². The number of rotatable bonds is 6. The standard InChI is InChI=1S/C17H14N4O4S/c1-2-23-12-7-4-3-6-11(12)15-18-14(24-19-15)10-21-16(20-25-17(21)22)13-8-5-9-26-13/h3-9H,2,10H2,1H3. The average molecular weight is 370 g/mol. The first kappa shape index (κ1) is 16.3. The van der Waals surface area contributed by atoms with Crippen LogP contribution in [0.4, 0.5) is 0 Å². The number of nitrogens with zero attached hydrogens (tertiary/aromatic N) is 4. The third-order valence-electron chi connectivity index (χ3n) is 3.62. The van der Waals surface area contributed by atoms with Crippen LogP contribution in [-0.4, -0.2) is 26.5 Å². The van der Waals surface area contributed by atoms with Crippen molar-refractivity contribution in [3.63, 3.8) is 0 Å². The van der Waals surface area contributed by atoms with E-state index < -0.39 is 5.76 Å². The van der Waals surface area contributed by atoms with Gasteiger partial charge in [-0.25, -0.2) is 9.36 Å². The van der Waals surface area contributed by atoms with Crippen LogP contribution in [0.1, 0.15) is 12.8 Å². The molecule has 0 spiro atoms. The highest BCUT2D eigenvalue weighted by Gasteiger charge is 2.18. The van der Waals surface area contributed by atoms with E-state index in [1.54, 1.807) is 0 Å². The summed E-state index contributed by atoms with van der Waals surface area (Å²) in [6.07, 6.45) is 0. The van der Waals surface area contributed by atoms with E-state index in [0.717, 1.165) is 10.4 Å². The van der Waals surface area contributed by atoms with E-state index in [0.29, 0.717) is 24.0 Å². The van der Waals surface area contributed by atoms with Crippen molar-refractivity contribution in [2.24, 2.45) is 0 Å². The van der Waals surface area contributed by atoms with Crippen LogP contribution in [-0.2, 0) is 6.54 Å². The third-order valence-corrected chi connectivity index (χ3v) is 4.48. The topological polar surface area (TPSA) is 96.2 Å². The number of hydrogen-bond donors (Lipinski definition) is 0. The summed E-state index contributed by atoms with van der Waals surface area (Å²) >= 11 is 1.46. The van der Waals surface area contributed by atoms with Crippen LogP contribution in [0.2, 0.25) is 0 Å². The van der Waals surface area contributed by atoms with Gasteiger partial charge in [0.15, 0.2) is 5.82 Å². The first-order valence-corrected chi connectivity index (χ1v) is 8.79. The number of benzene rings is 1. The molecule has 132 valence electrons. The van der Waals surface area contributed by atoms with Gasteiger partial charge in [-0.05, 0) is 30.5 Å². The molecule has 0 amide bonds. The third kappa shape index (κ3) is 3.04. The second-order valence-electron chi connectivity index (χ2n) is 5.28. The minimum absolute atomic E-state index is 0.0688. The average Bonchev–Trinajstić information content (AvgIpc) is 3.39. The Morgan fingerprint density at radius 1 is 1.15 bits per heavy atom. The lowest BCUT2D eigenvalue weighted by Crippen LogP contribution is -2.16. The summed E-state index contributed by atoms with van der Waals surface area (Å²) in [6.45, 7) is 2.50. The van der Waals surface area contributed by atoms with E-state index in [4.69, 9.17) is 13.8 Å². The first-order chi connectivity index (χ1) is 12.8. The van der Waals surface area contributed by atoms with Crippen molar-refractivity contribution in [1.82, 2.24) is 19.9 Å². The Morgan fingerprint density at radius 3 is 2.85 bits per heavy atom. The van der Waals surface area contributed by atoms with Gasteiger partial charge in [-0.3, -0.25) is 4.52 Å². The zero-order chi connectivity index (χ0) is 17.9. The summed E-state index contributed by atoms with van der Waals surface area (Å²) < 4.78 is 17.1. The molecule has 9 heteroatoms. The maximum Gasteiger partial charge on any atom is 0.442 e. The molecule has 0 unspecified atom stereocenters. The van der Waals surface area contributed by atoms with Crippen LogP contribution in [0, 0.1) is 0 Å². The van der Waals surface area contributed by atoms with Gasteiger partial charge in [0.25, 0.3) is 0 Å². The van der Waals surface area contributed by atoms with Gasteiger partial charge in [0.05, 0.1) is 17.0 Å². The highest BCUT2D eigenvalue weighted by Crippen LogP contribution is 2.28. The molecule has 0 saturated heterocycles. The Morgan fingerprint density at radius 2 is 2.04 bits per heavy atom. The molecular formula is C17H14N4O4S. The van der Waals surface area contributed by atoms with Crippen LogP contribution < -0.4 is 10.5 Å². The Labute approximate surface area is 151 Å². The zero-order valence-corrected chi connectivity index (χ0v) is 14.6. The van der Waals surface area contributed by atoms with Crippen LogP contribution in [0.3, 0.4) is 0 Å². The van der Waals surface area contributed by atoms with Gasteiger partial charge < -0.3 is 9.26 Å². The molecule has 8 nitrogen and oxygen atoms in total. The molecule has 0 aliphatic carbocycles. The maximum atomic E-state index is 12.0. The normalized spacial score (nSPS) is 11.0. The van der Waals surface area contributed by atoms with Crippen molar-refractivity contribution in [3.05, 3.63) is 58.2 Å². The maximum absolute atomic E-state index is 12.0. The SMILES string of the molecule is CCOc1ccccc1-c1noc(Cn2c(-c3cccs3)noc2=O)n1. The molecule has 0 radical (unpaired) electrons. The lowest BCUT2D eigenvalue weighted by Gasteiger charge is -2.06. The molecule has 26 heavy (non-hydrogen) atoms. The molecule has 0 atom stereocenters. The summed E-state index contributed by atoms with van der Waals surface area (Å²) in [6, 6.07) is 11.2. The lowest BCUT2D eigenvalue weighted by molar-refractivity contribution is 0.340. The number of aromatic nitrogens is 4. The smallest absolute Gasteiger partial charge is 0.442 e. The van der Waals surface area contributed by atoms with E-state index in [1.165, 1.54) is 15.9 Å². The van der Waals surface area contributed by atoms with Gasteiger partial charge in [0.2, 0.25) is 11.7 Å². The molecular weight excluding hydrogens is 356 g/mol. The second-order valence-corrected chi connectivity index (χ2v) is 6.22. The second kappa shape index (κ2) is 6.96. The lowest BCUT2D eigenvalue weighted by atomic mass is 10.2. The largest absolute Gasteiger partial charge is 0.493 e. The van der Waals surface area contributed by atoms with Crippen molar-refractivity contribution < 1.29 is 13.8 Å². The number of para-hydroxylation sites is 1. The molecule has 4 rings (SSSR count). The fourth-order valence-corrected chi connectivity index (χ4v) is 3.20. The summed E-state index contributed by atoms with van der Waals surface area (Å²) in [4.78, 5) is 17.2. The summed E-state index contributed by atoms with van der Waals surface area (Å²) in [5.74, 6) is 1.19. The van der Waals surface area contributed by atoms with Crippen molar-refractivity contribution in [2.45, 2.75) is 13.5 Å². The Hall–Kier alpha value is -3.20. The van der Waals surface area contributed by atoms with Crippen molar-refractivity contribution >= 4 is 11.3 Å². The molecule has 0 N–H and O–H groups in total. The molecule has 3 aromatic heterocycles. The van der Waals surface area contributed by atoms with Crippen molar-refractivity contribution in [2.75, 3.05) is 6.61 Å². The van der Waals surface area contributed by atoms with Gasteiger partial charge in [0.1, 0.15) is 12.3 Å². The minimum atomic E-state index is -0.581. The van der Waals surface area contributed by atoms with Crippen LogP contribution in [0.25, 0.3) is 22.1 Å². The molecule has 4 aromatic rings. The van der Waals surface area contributed by atoms with Crippen LogP contribution >= 0.6 is 11.3 Å². The van der Waals surface area contributed by atoms with E-state index >= 15 is 0 Å². The number of thiophene rings is 1. The summed E-state index contributed by atoms with van der Waals surface area (Å²) in [7, 11) is 0. The van der Waals surface area contributed by atoms with E-state index in [2.05, 4.69) is 15.3 Å². The van der Waals surface area contributed by atoms with Gasteiger partial charge >= 0.3 is 5.76 Å². The first-order valence-electron chi connectivity index (χ1n) is 7.91. The number of ether oxygens (including phenoxy) is 1. The highest BCUT2D eigenvalue weighted by molar-refractivity contribution is 7.13. The monoisotopic (exact) mass is 370 g/mol. The molecule has 0 saturated carbocycles. The predicted molar refractivity (Wildman–Crippen MR) is 94.1 cm³/mol. The van der Waals surface area contributed by atoms with E-state index in [9.17, 15) is 4.79 Å². The summed E-state index contributed by atoms with van der Waals surface area (Å²) in [5.41, 5.74) is 0.723. The van der Waals surface area contributed by atoms with Gasteiger partial charge in [-0.1, -0.05) is 28.5 Å². The summed E-state index contributed by atoms with van der Waals surface area (Å²) in [5, 5.41) is 9.73. The van der Waals surface area contributed by atoms with Gasteiger partial charge in [-0.2, -0.15) is 4.98 Å². The highest BCUT2D eigenvalue weighted by atomic mass is 32.1. The number of hydrogen-bond acceptors (Lipinski definition) is 8. The molecule has 0 bridgehead atoms. The predicted octanol–water partition coefficient (Wildman–Crippen LogP) is 3.06. The molecule has 0 aliphatic heterocycles. The quantitative estimate of drug-likeness (QED) is 0.514. The van der Waals surface area contributed by atoms with E-state index in [-0.39, 0.29) is 12.4 Å². The van der Waals surface area contributed by atoms with Crippen LogP contribution in [0.5, 0.6) is 5.75 Å². The fraction of sp³-hybridized carbons (Fsp3) is 0.176. The van der Waals surface area contributed by atoms with E-state index in [1.807, 2.05) is 48.7 Å². The fourth-order valence-electron chi connectivity index (χ4n) is 2.49. The van der Waals surface area contributed by atoms with Crippen molar-refractivity contribution in [1.29, 1.82) is 0 Å². The molecule has 0 fully saturated rings. The van der Waals surface area contributed by atoms with Gasteiger partial charge in [0, 0.05) is 0 Å². The van der Waals surface area contributed by atoms with Crippen molar-refractivity contribution in [3.8, 4) is 27.8 Å². The Bertz CT molecular complexity index is 1060. The zero-order valence-electron chi connectivity index (χ0n) is 13.8. The Kier molecular flexibility index (Phi) is 4.36. The molecule has 0 aliphatic rings. The minimum Gasteiger partial charge on any atom is -0.493 e. The Balaban J connectivity index is 1.65. The molecule has 1 aromatic carbocycles. The van der Waals surface area contributed by atoms with Crippen LogP contribution in [0.15, 0.2) is 55.6 Å². The molecule has 3 heterocycles.